The zero-order chi connectivity index (χ0) is 46.2. The molecule has 2 aromatic carbocycles. The number of ether oxygens (including phenoxy) is 8. The summed E-state index contributed by atoms with van der Waals surface area (Å²) in [6.45, 7) is 8.32. The Balaban J connectivity index is 0.000000336. The average Bonchev–Trinajstić information content (AvgIpc) is 3.53. The molecule has 8 atom stereocenters. The molecule has 3 heterocycles. The van der Waals surface area contributed by atoms with Crippen LogP contribution in [0.1, 0.15) is 86.2 Å². The SMILES string of the molecule is COCOc1cc(OC)cc2c1C(=O)OC(C)C(C)(F)/C=C\C(=O)C1OC(C)(C)O[C@H]1C/C=C/2.COc1cc(O)c2c(c1)/C=C/C[C@H](O)C(O)C(=O)/C=C\C(C)(F)C(C)OC2=O.F. The summed E-state index contributed by atoms with van der Waals surface area (Å²) in [6.07, 6.45) is 3.10. The van der Waals surface area contributed by atoms with Crippen molar-refractivity contribution in [3.8, 4) is 23.0 Å². The first-order chi connectivity index (χ1) is 29.0. The number of hydrogen-bond acceptors (Lipinski definition) is 15. The maximum atomic E-state index is 15.4. The molecular weight excluding hydrogens is 837 g/mol. The van der Waals surface area contributed by atoms with Crippen molar-refractivity contribution in [2.75, 3.05) is 28.1 Å². The molecular formula is C45H55F3O15. The number of ketones is 2. The molecule has 3 N–H and O–H groups in total. The quantitative estimate of drug-likeness (QED) is 0.229. The second-order valence-electron chi connectivity index (χ2n) is 15.5. The molecule has 5 rings (SSSR count). The van der Waals surface area contributed by atoms with Crippen LogP contribution in [0.5, 0.6) is 23.0 Å². The predicted octanol–water partition coefficient (Wildman–Crippen LogP) is 6.10. The average molecular weight is 893 g/mol. The number of methoxy groups -OCH3 is 3. The zero-order valence-corrected chi connectivity index (χ0v) is 36.4. The molecule has 3 aliphatic rings. The lowest BCUT2D eigenvalue weighted by Gasteiger charge is -2.25. The summed E-state index contributed by atoms with van der Waals surface area (Å²) in [5, 5.41) is 30.1. The topological polar surface area (TPSA) is 203 Å². The van der Waals surface area contributed by atoms with Gasteiger partial charge in [0.25, 0.3) is 0 Å². The van der Waals surface area contributed by atoms with Crippen LogP contribution in [0, 0.1) is 0 Å². The molecule has 2 aromatic rings. The normalized spacial score (nSPS) is 30.6. The van der Waals surface area contributed by atoms with Gasteiger partial charge in [0.1, 0.15) is 58.5 Å². The van der Waals surface area contributed by atoms with Gasteiger partial charge in [0.05, 0.1) is 26.4 Å². The Bertz CT molecular complexity index is 2090. The minimum absolute atomic E-state index is 0. The number of phenolic OH excluding ortho intramolecular Hbond substituents is 1. The van der Waals surface area contributed by atoms with E-state index in [-0.39, 0.29) is 46.1 Å². The number of aliphatic hydroxyl groups excluding tert-OH is 2. The number of carbonyl (C=O) groups excluding carboxylic acids is 4. The van der Waals surface area contributed by atoms with E-state index in [2.05, 4.69) is 0 Å². The summed E-state index contributed by atoms with van der Waals surface area (Å²) in [6, 6.07) is 5.83. The fourth-order valence-corrected chi connectivity index (χ4v) is 6.26. The van der Waals surface area contributed by atoms with Crippen molar-refractivity contribution >= 4 is 35.7 Å². The Hall–Kier alpha value is -5.53. The lowest BCUT2D eigenvalue weighted by Crippen LogP contribution is -2.36. The number of aromatic hydroxyl groups is 1. The maximum Gasteiger partial charge on any atom is 0.342 e. The third kappa shape index (κ3) is 13.2. The molecule has 0 radical (unpaired) electrons. The van der Waals surface area contributed by atoms with Crippen LogP contribution in [0.2, 0.25) is 0 Å². The van der Waals surface area contributed by atoms with Gasteiger partial charge in [-0.1, -0.05) is 24.3 Å². The molecule has 0 aromatic heterocycles. The number of cyclic esters (lactones) is 2. The van der Waals surface area contributed by atoms with E-state index in [9.17, 15) is 38.9 Å². The van der Waals surface area contributed by atoms with Crippen LogP contribution in [0.25, 0.3) is 12.2 Å². The van der Waals surface area contributed by atoms with Crippen LogP contribution in [0.3, 0.4) is 0 Å². The number of halogens is 3. The number of aliphatic hydroxyl groups is 2. The van der Waals surface area contributed by atoms with E-state index in [1.165, 1.54) is 72.5 Å². The van der Waals surface area contributed by atoms with Crippen LogP contribution in [0.4, 0.5) is 13.5 Å². The van der Waals surface area contributed by atoms with Gasteiger partial charge in [0.2, 0.25) is 0 Å². The van der Waals surface area contributed by atoms with Crippen LogP contribution in [-0.4, -0.2) is 121 Å². The van der Waals surface area contributed by atoms with E-state index >= 15 is 4.39 Å². The number of fused-ring (bicyclic) bond motifs is 3. The minimum atomic E-state index is -2.24. The van der Waals surface area contributed by atoms with Crippen molar-refractivity contribution in [3.05, 3.63) is 83.0 Å². The third-order valence-corrected chi connectivity index (χ3v) is 10.2. The van der Waals surface area contributed by atoms with Crippen molar-refractivity contribution in [1.82, 2.24) is 0 Å². The highest BCUT2D eigenvalue weighted by Crippen LogP contribution is 2.36. The molecule has 0 amide bonds. The first-order valence-electron chi connectivity index (χ1n) is 19.6. The first kappa shape index (κ1) is 51.8. The number of esters is 2. The van der Waals surface area contributed by atoms with Gasteiger partial charge in [0, 0.05) is 19.2 Å². The molecule has 18 heteroatoms. The Kier molecular flexibility index (Phi) is 17.9. The van der Waals surface area contributed by atoms with E-state index in [4.69, 9.17) is 37.9 Å². The highest BCUT2D eigenvalue weighted by Gasteiger charge is 2.44. The first-order valence-corrected chi connectivity index (χ1v) is 19.6. The van der Waals surface area contributed by atoms with E-state index in [1.807, 2.05) is 0 Å². The molecule has 0 spiro atoms. The van der Waals surface area contributed by atoms with Gasteiger partial charge in [-0.2, -0.15) is 0 Å². The monoisotopic (exact) mass is 892 g/mol. The zero-order valence-electron chi connectivity index (χ0n) is 36.4. The van der Waals surface area contributed by atoms with Crippen LogP contribution < -0.4 is 14.2 Å². The number of phenols is 1. The number of hydrogen-bond donors (Lipinski definition) is 3. The summed E-state index contributed by atoms with van der Waals surface area (Å²) in [5.74, 6) is -3.60. The van der Waals surface area contributed by atoms with Gasteiger partial charge in [-0.25, -0.2) is 18.4 Å². The Labute approximate surface area is 363 Å². The summed E-state index contributed by atoms with van der Waals surface area (Å²) in [4.78, 5) is 50.5. The highest BCUT2D eigenvalue weighted by atomic mass is 19.1. The molecule has 0 saturated carbocycles. The largest absolute Gasteiger partial charge is 0.507 e. The summed E-state index contributed by atoms with van der Waals surface area (Å²) in [7, 11) is 4.31. The molecule has 63 heavy (non-hydrogen) atoms. The number of benzene rings is 2. The predicted molar refractivity (Wildman–Crippen MR) is 223 cm³/mol. The van der Waals surface area contributed by atoms with E-state index in [1.54, 1.807) is 32.1 Å². The molecule has 1 saturated heterocycles. The van der Waals surface area contributed by atoms with Crippen molar-refractivity contribution in [2.45, 2.75) is 108 Å². The standard InChI is InChI=1S/C25H31FO8.C20H23FO7.FH/c1-15-25(4,26)11-10-18(27)22-19(33-24(2,3)34-22)9-7-8-16-12-17(30-6)13-20(31-14-29-5)21(16)23(28)32-15;1-11-20(2,21)8-7-15(23)18(25)14(22)6-4-5-12-9-13(27-3)10-16(24)17(12)19(26)28-11;/h7-8,10-13,15,19,22H,9,14H2,1-6H3;4-5,7-11,14,18,22,24-25H,6H2,1-3H3;1H/b8-7+,11-10-;5-4+,8-7-;/t15?,19-,22?,25?;11?,14-,18?,20?;/m00./s1. The third-order valence-electron chi connectivity index (χ3n) is 10.2. The van der Waals surface area contributed by atoms with Crippen molar-refractivity contribution in [1.29, 1.82) is 0 Å². The van der Waals surface area contributed by atoms with Crippen molar-refractivity contribution in [2.24, 2.45) is 0 Å². The molecule has 3 aliphatic heterocycles. The van der Waals surface area contributed by atoms with Crippen LogP contribution >= 0.6 is 0 Å². The van der Waals surface area contributed by atoms with E-state index in [0.717, 1.165) is 31.2 Å². The second kappa shape index (κ2) is 21.7. The molecule has 346 valence electrons. The van der Waals surface area contributed by atoms with Gasteiger partial charge < -0.3 is 53.2 Å². The fourth-order valence-electron chi connectivity index (χ4n) is 6.26. The summed E-state index contributed by atoms with van der Waals surface area (Å²) < 4.78 is 73.5. The minimum Gasteiger partial charge on any atom is -0.507 e. The fraction of sp³-hybridized carbons (Fsp3) is 0.467. The molecule has 6 unspecified atom stereocenters. The lowest BCUT2D eigenvalue weighted by molar-refractivity contribution is -0.152. The number of rotatable bonds is 5. The van der Waals surface area contributed by atoms with Gasteiger partial charge in [-0.15, -0.1) is 0 Å². The van der Waals surface area contributed by atoms with Gasteiger partial charge in [-0.05, 0) is 102 Å². The molecule has 15 nitrogen and oxygen atoms in total. The highest BCUT2D eigenvalue weighted by molar-refractivity contribution is 5.98. The summed E-state index contributed by atoms with van der Waals surface area (Å²) in [5.41, 5.74) is -3.85. The van der Waals surface area contributed by atoms with E-state index in [0.29, 0.717) is 17.7 Å². The van der Waals surface area contributed by atoms with Crippen LogP contribution in [0.15, 0.2) is 60.7 Å². The number of carbonyl (C=O) groups is 4. The number of alkyl halides is 2. The smallest absolute Gasteiger partial charge is 0.342 e. The summed E-state index contributed by atoms with van der Waals surface area (Å²) >= 11 is 0. The Morgan fingerprint density at radius 2 is 1.22 bits per heavy atom. The molecule has 1 fully saturated rings. The second-order valence-corrected chi connectivity index (χ2v) is 15.5. The Morgan fingerprint density at radius 3 is 1.78 bits per heavy atom. The molecule has 0 aliphatic carbocycles. The van der Waals surface area contributed by atoms with E-state index < -0.39 is 83.0 Å². The van der Waals surface area contributed by atoms with Crippen molar-refractivity contribution < 1.29 is 85.9 Å². The lowest BCUT2D eigenvalue weighted by atomic mass is 9.98. The van der Waals surface area contributed by atoms with Gasteiger partial charge >= 0.3 is 11.9 Å². The maximum absolute atomic E-state index is 15.4. The Morgan fingerprint density at radius 1 is 0.714 bits per heavy atom. The van der Waals surface area contributed by atoms with Crippen molar-refractivity contribution in [3.63, 3.8) is 0 Å². The molecule has 0 bridgehead atoms. The van der Waals surface area contributed by atoms with Crippen LogP contribution in [-0.2, 0) is 33.3 Å². The van der Waals surface area contributed by atoms with Gasteiger partial charge in [-0.3, -0.25) is 14.3 Å². The van der Waals surface area contributed by atoms with Gasteiger partial charge in [0.15, 0.2) is 35.5 Å².